The molecule has 0 saturated heterocycles. The average Bonchev–Trinajstić information content (AvgIpc) is 3.52. The molecule has 0 aliphatic heterocycles. The number of benzene rings is 4. The van der Waals surface area contributed by atoms with Crippen LogP contribution in [0.25, 0.3) is 71.2 Å². The normalized spacial score (nSPS) is 12.5. The van der Waals surface area contributed by atoms with Crippen LogP contribution in [0, 0.1) is 0 Å². The molecule has 0 bridgehead atoms. The van der Waals surface area contributed by atoms with Gasteiger partial charge < -0.3 is 8.83 Å². The van der Waals surface area contributed by atoms with E-state index in [2.05, 4.69) is 57.9 Å². The van der Waals surface area contributed by atoms with Gasteiger partial charge in [-0.25, -0.2) is 4.98 Å². The third-order valence-corrected chi connectivity index (χ3v) is 6.45. The molecular formula is C27H14N2O2. The molecule has 4 nitrogen and oxygen atoms in total. The van der Waals surface area contributed by atoms with Crippen molar-refractivity contribution in [3.63, 3.8) is 0 Å². The number of pyridine rings is 1. The Bertz CT molecular complexity index is 2000. The Morgan fingerprint density at radius 2 is 1.45 bits per heavy atom. The van der Waals surface area contributed by atoms with Crippen LogP contribution >= 0.6 is 0 Å². The predicted molar refractivity (Wildman–Crippen MR) is 125 cm³/mol. The van der Waals surface area contributed by atoms with E-state index in [1.807, 2.05) is 36.7 Å². The number of furan rings is 2. The smallest absolute Gasteiger partial charge is 0.147 e. The van der Waals surface area contributed by atoms with Crippen molar-refractivity contribution in [2.45, 2.75) is 0 Å². The van der Waals surface area contributed by atoms with Crippen LogP contribution in [-0.4, -0.2) is 9.38 Å². The van der Waals surface area contributed by atoms with Crippen molar-refractivity contribution in [3.8, 4) is 0 Å². The molecule has 4 aromatic carbocycles. The molecule has 4 aromatic heterocycles. The first kappa shape index (κ1) is 15.5. The lowest BCUT2D eigenvalue weighted by atomic mass is 10.0. The van der Waals surface area contributed by atoms with Gasteiger partial charge in [-0.3, -0.25) is 4.40 Å². The molecule has 0 atom stereocenters. The Morgan fingerprint density at radius 1 is 0.613 bits per heavy atom. The maximum atomic E-state index is 6.48. The molecule has 0 spiro atoms. The molecule has 8 rings (SSSR count). The van der Waals surface area contributed by atoms with Crippen molar-refractivity contribution in [3.05, 3.63) is 85.2 Å². The summed E-state index contributed by atoms with van der Waals surface area (Å²) in [7, 11) is 0. The number of nitrogens with zero attached hydrogens (tertiary/aromatic N) is 2. The van der Waals surface area contributed by atoms with E-state index < -0.39 is 0 Å². The molecule has 8 aromatic rings. The molecule has 0 aliphatic rings. The summed E-state index contributed by atoms with van der Waals surface area (Å²) < 4.78 is 14.7. The number of para-hydroxylation sites is 1. The molecule has 0 N–H and O–H groups in total. The fraction of sp³-hybridized carbons (Fsp3) is 0. The summed E-state index contributed by atoms with van der Waals surface area (Å²) in [6, 6.07) is 25.1. The van der Waals surface area contributed by atoms with E-state index in [0.717, 1.165) is 60.4 Å². The van der Waals surface area contributed by atoms with Crippen LogP contribution < -0.4 is 0 Å². The van der Waals surface area contributed by atoms with Gasteiger partial charge in [-0.05, 0) is 29.7 Å². The summed E-state index contributed by atoms with van der Waals surface area (Å²) in [6.07, 6.45) is 3.87. The van der Waals surface area contributed by atoms with E-state index in [-0.39, 0.29) is 0 Å². The Morgan fingerprint density at radius 3 is 2.39 bits per heavy atom. The summed E-state index contributed by atoms with van der Waals surface area (Å²) in [4.78, 5) is 4.61. The van der Waals surface area contributed by atoms with Gasteiger partial charge in [0.25, 0.3) is 0 Å². The van der Waals surface area contributed by atoms with Crippen molar-refractivity contribution >= 4 is 71.2 Å². The van der Waals surface area contributed by atoms with Gasteiger partial charge in [0.1, 0.15) is 28.0 Å². The zero-order valence-corrected chi connectivity index (χ0v) is 16.3. The molecule has 0 fully saturated rings. The van der Waals surface area contributed by atoms with E-state index in [1.54, 1.807) is 0 Å². The van der Waals surface area contributed by atoms with E-state index in [1.165, 1.54) is 10.8 Å². The molecule has 0 aliphatic carbocycles. The SMILES string of the molecule is c1ccc2c(c1)oc1ccc3c4cc5c6ccccc6c6nccn6c5cc4oc3c12. The minimum atomic E-state index is 0.847. The van der Waals surface area contributed by atoms with Gasteiger partial charge in [0.2, 0.25) is 0 Å². The van der Waals surface area contributed by atoms with Gasteiger partial charge in [-0.2, -0.15) is 0 Å². The van der Waals surface area contributed by atoms with E-state index in [4.69, 9.17) is 8.83 Å². The van der Waals surface area contributed by atoms with Gasteiger partial charge in [0, 0.05) is 45.4 Å². The summed E-state index contributed by atoms with van der Waals surface area (Å²) in [5.41, 5.74) is 5.51. The fourth-order valence-corrected chi connectivity index (χ4v) is 5.10. The number of imidazole rings is 1. The third kappa shape index (κ3) is 1.83. The van der Waals surface area contributed by atoms with Crippen molar-refractivity contribution < 1.29 is 8.83 Å². The van der Waals surface area contributed by atoms with Gasteiger partial charge >= 0.3 is 0 Å². The third-order valence-electron chi connectivity index (χ3n) is 6.45. The number of hydrogen-bond acceptors (Lipinski definition) is 3. The zero-order valence-electron chi connectivity index (χ0n) is 16.3. The fourth-order valence-electron chi connectivity index (χ4n) is 5.10. The molecular weight excluding hydrogens is 384 g/mol. The first-order valence-electron chi connectivity index (χ1n) is 10.3. The molecule has 4 heteroatoms. The van der Waals surface area contributed by atoms with Crippen LogP contribution in [0.4, 0.5) is 0 Å². The highest BCUT2D eigenvalue weighted by Gasteiger charge is 2.18. The zero-order chi connectivity index (χ0) is 20.1. The number of hydrogen-bond donors (Lipinski definition) is 0. The van der Waals surface area contributed by atoms with Crippen LogP contribution in [0.5, 0.6) is 0 Å². The summed E-state index contributed by atoms with van der Waals surface area (Å²) in [6.45, 7) is 0. The highest BCUT2D eigenvalue weighted by molar-refractivity contribution is 6.24. The summed E-state index contributed by atoms with van der Waals surface area (Å²) in [5, 5.41) is 7.86. The van der Waals surface area contributed by atoms with Crippen molar-refractivity contribution in [2.75, 3.05) is 0 Å². The standard InChI is InChI=1S/C27H14N2O2/c1-2-6-17-15(5-1)19-13-20-16-9-10-23-25(18-7-3-4-8-22(18)30-23)26(16)31-24(20)14-21(19)29-12-11-28-27(17)29/h1-14H. The molecule has 0 amide bonds. The molecule has 0 radical (unpaired) electrons. The minimum Gasteiger partial charge on any atom is -0.456 e. The predicted octanol–water partition coefficient (Wildman–Crippen LogP) is 7.44. The monoisotopic (exact) mass is 398 g/mol. The van der Waals surface area contributed by atoms with Crippen molar-refractivity contribution in [1.29, 1.82) is 0 Å². The van der Waals surface area contributed by atoms with Crippen LogP contribution in [0.3, 0.4) is 0 Å². The van der Waals surface area contributed by atoms with Crippen LogP contribution in [0.1, 0.15) is 0 Å². The van der Waals surface area contributed by atoms with Gasteiger partial charge in [-0.15, -0.1) is 0 Å². The van der Waals surface area contributed by atoms with Gasteiger partial charge in [0.05, 0.1) is 10.9 Å². The number of rotatable bonds is 0. The largest absolute Gasteiger partial charge is 0.456 e. The lowest BCUT2D eigenvalue weighted by Crippen LogP contribution is -1.90. The maximum absolute atomic E-state index is 6.48. The van der Waals surface area contributed by atoms with Crippen LogP contribution in [0.15, 0.2) is 94.0 Å². The van der Waals surface area contributed by atoms with Gasteiger partial charge in [-0.1, -0.05) is 42.5 Å². The number of fused-ring (bicyclic) bond motifs is 13. The average molecular weight is 398 g/mol. The highest BCUT2D eigenvalue weighted by atomic mass is 16.3. The molecule has 0 unspecified atom stereocenters. The Balaban J connectivity index is 1.63. The van der Waals surface area contributed by atoms with Crippen molar-refractivity contribution in [2.24, 2.45) is 0 Å². The Kier molecular flexibility index (Phi) is 2.62. The molecule has 4 heterocycles. The molecule has 0 saturated carbocycles. The second-order valence-corrected chi connectivity index (χ2v) is 8.05. The van der Waals surface area contributed by atoms with Gasteiger partial charge in [0.15, 0.2) is 0 Å². The lowest BCUT2D eigenvalue weighted by molar-refractivity contribution is 0.663. The van der Waals surface area contributed by atoms with Crippen molar-refractivity contribution in [1.82, 2.24) is 9.38 Å². The maximum Gasteiger partial charge on any atom is 0.147 e. The Labute approximate surface area is 174 Å². The Hall–Kier alpha value is -4.31. The highest BCUT2D eigenvalue weighted by Crippen LogP contribution is 2.41. The molecule has 144 valence electrons. The summed E-state index contributed by atoms with van der Waals surface area (Å²) in [5.74, 6) is 0. The van der Waals surface area contributed by atoms with Crippen LogP contribution in [0.2, 0.25) is 0 Å². The van der Waals surface area contributed by atoms with E-state index in [9.17, 15) is 0 Å². The topological polar surface area (TPSA) is 43.6 Å². The van der Waals surface area contributed by atoms with E-state index in [0.29, 0.717) is 0 Å². The molecule has 31 heavy (non-hydrogen) atoms. The van der Waals surface area contributed by atoms with E-state index >= 15 is 0 Å². The second kappa shape index (κ2) is 5.24. The van der Waals surface area contributed by atoms with Crippen LogP contribution in [-0.2, 0) is 0 Å². The first-order valence-corrected chi connectivity index (χ1v) is 10.3. The summed E-state index contributed by atoms with van der Waals surface area (Å²) >= 11 is 0. The quantitative estimate of drug-likeness (QED) is 0.249. The first-order chi connectivity index (χ1) is 15.4. The number of aromatic nitrogens is 2. The minimum absolute atomic E-state index is 0.847. The second-order valence-electron chi connectivity index (χ2n) is 8.05. The lowest BCUT2D eigenvalue weighted by Gasteiger charge is -2.08.